The molecule has 0 fully saturated rings. The molecule has 6 aromatic rings. The molecule has 0 amide bonds. The molecule has 0 aliphatic carbocycles. The van der Waals surface area contributed by atoms with Gasteiger partial charge in [-0.3, -0.25) is 4.90 Å². The maximum Gasteiger partial charge on any atom is 0.140 e. The van der Waals surface area contributed by atoms with Crippen LogP contribution in [0.25, 0.3) is 33.8 Å². The van der Waals surface area contributed by atoms with Crippen molar-refractivity contribution in [3.8, 4) is 39.5 Å². The fourth-order valence-corrected chi connectivity index (χ4v) is 5.90. The van der Waals surface area contributed by atoms with Gasteiger partial charge in [0.15, 0.2) is 0 Å². The molecular formula is C41H41N3O. The highest BCUT2D eigenvalue weighted by atomic mass is 16.5. The van der Waals surface area contributed by atoms with E-state index in [9.17, 15) is 0 Å². The van der Waals surface area contributed by atoms with E-state index in [1.54, 1.807) is 7.11 Å². The number of ether oxygens (including phenoxy) is 1. The highest BCUT2D eigenvalue weighted by Gasteiger charge is 2.22. The number of nitrogens with zero attached hydrogens (tertiary/aromatic N) is 3. The fourth-order valence-electron chi connectivity index (χ4n) is 5.90. The summed E-state index contributed by atoms with van der Waals surface area (Å²) in [4.78, 5) is 7.90. The molecule has 1 aromatic heterocycles. The zero-order chi connectivity index (χ0) is 30.8. The molecule has 226 valence electrons. The van der Waals surface area contributed by atoms with Crippen molar-refractivity contribution < 1.29 is 4.74 Å². The first kappa shape index (κ1) is 30.1. The molecule has 0 radical (unpaired) electrons. The van der Waals surface area contributed by atoms with Gasteiger partial charge in [0.1, 0.15) is 11.6 Å². The molecule has 6 rings (SSSR count). The highest BCUT2D eigenvalue weighted by Crippen LogP contribution is 2.32. The lowest BCUT2D eigenvalue weighted by molar-refractivity contribution is 0.241. The molecule has 0 atom stereocenters. The van der Waals surface area contributed by atoms with Gasteiger partial charge in [-0.1, -0.05) is 141 Å². The predicted octanol–water partition coefficient (Wildman–Crippen LogP) is 9.90. The predicted molar refractivity (Wildman–Crippen MR) is 186 cm³/mol. The van der Waals surface area contributed by atoms with E-state index in [1.807, 2.05) is 0 Å². The van der Waals surface area contributed by atoms with Gasteiger partial charge in [0.25, 0.3) is 0 Å². The molecular weight excluding hydrogens is 550 g/mol. The number of hydrogen-bond acceptors (Lipinski definition) is 3. The molecule has 0 spiro atoms. The van der Waals surface area contributed by atoms with Gasteiger partial charge in [0.05, 0.1) is 18.5 Å². The van der Waals surface area contributed by atoms with Crippen molar-refractivity contribution in [3.63, 3.8) is 0 Å². The third kappa shape index (κ3) is 7.42. The van der Waals surface area contributed by atoms with Crippen LogP contribution in [0.2, 0.25) is 0 Å². The van der Waals surface area contributed by atoms with E-state index in [1.165, 1.54) is 27.9 Å². The van der Waals surface area contributed by atoms with Gasteiger partial charge in [-0.05, 0) is 40.8 Å². The van der Waals surface area contributed by atoms with Crippen LogP contribution < -0.4 is 4.74 Å². The summed E-state index contributed by atoms with van der Waals surface area (Å²) in [6.07, 6.45) is 2.21. The van der Waals surface area contributed by atoms with E-state index in [0.29, 0.717) is 0 Å². The minimum atomic E-state index is 0.764. The van der Waals surface area contributed by atoms with E-state index < -0.39 is 0 Å². The third-order valence-electron chi connectivity index (χ3n) is 8.29. The second-order valence-corrected chi connectivity index (χ2v) is 11.5. The molecule has 0 aliphatic rings. The van der Waals surface area contributed by atoms with E-state index in [2.05, 4.69) is 156 Å². The largest absolute Gasteiger partial charge is 0.497 e. The van der Waals surface area contributed by atoms with Gasteiger partial charge in [0.2, 0.25) is 0 Å². The zero-order valence-electron chi connectivity index (χ0n) is 26.3. The molecule has 0 N–H and O–H groups in total. The molecule has 1 heterocycles. The van der Waals surface area contributed by atoms with E-state index >= 15 is 0 Å². The van der Waals surface area contributed by atoms with Crippen LogP contribution in [0, 0.1) is 0 Å². The number of rotatable bonds is 13. The van der Waals surface area contributed by atoms with Gasteiger partial charge in [-0.25, -0.2) is 4.98 Å². The summed E-state index contributed by atoms with van der Waals surface area (Å²) in [6.45, 7) is 5.57. The summed E-state index contributed by atoms with van der Waals surface area (Å²) in [7, 11) is 1.72. The summed E-state index contributed by atoms with van der Waals surface area (Å²) < 4.78 is 7.92. The molecule has 0 aliphatic heterocycles. The summed E-state index contributed by atoms with van der Waals surface area (Å²) in [5, 5.41) is 0. The van der Waals surface area contributed by atoms with Crippen LogP contribution in [-0.4, -0.2) is 21.6 Å². The lowest BCUT2D eigenvalue weighted by Gasteiger charge is -2.25. The topological polar surface area (TPSA) is 30.3 Å². The van der Waals surface area contributed by atoms with Crippen LogP contribution in [0.15, 0.2) is 140 Å². The first-order chi connectivity index (χ1) is 22.2. The normalized spacial score (nSPS) is 11.2. The highest BCUT2D eigenvalue weighted by molar-refractivity contribution is 5.68. The Hall–Kier alpha value is -4.93. The third-order valence-corrected chi connectivity index (χ3v) is 8.29. The van der Waals surface area contributed by atoms with Crippen molar-refractivity contribution in [2.75, 3.05) is 7.11 Å². The van der Waals surface area contributed by atoms with Gasteiger partial charge in [-0.2, -0.15) is 0 Å². The first-order valence-corrected chi connectivity index (χ1v) is 15.9. The maximum absolute atomic E-state index is 5.45. The van der Waals surface area contributed by atoms with Gasteiger partial charge in [-0.15, -0.1) is 0 Å². The quantitative estimate of drug-likeness (QED) is 0.134. The summed E-state index contributed by atoms with van der Waals surface area (Å²) in [5.41, 5.74) is 9.62. The van der Waals surface area contributed by atoms with Crippen LogP contribution in [-0.2, 0) is 26.2 Å². The van der Waals surface area contributed by atoms with Crippen molar-refractivity contribution in [2.24, 2.45) is 0 Å². The van der Waals surface area contributed by atoms with E-state index in [4.69, 9.17) is 9.72 Å². The molecule has 4 heteroatoms. The number of hydrogen-bond donors (Lipinski definition) is 0. The van der Waals surface area contributed by atoms with E-state index in [-0.39, 0.29) is 0 Å². The first-order valence-electron chi connectivity index (χ1n) is 15.9. The summed E-state index contributed by atoms with van der Waals surface area (Å²) in [6, 6.07) is 49.3. The van der Waals surface area contributed by atoms with Crippen molar-refractivity contribution in [1.82, 2.24) is 14.5 Å². The Morgan fingerprint density at radius 1 is 0.578 bits per heavy atom. The lowest BCUT2D eigenvalue weighted by Crippen LogP contribution is -2.24. The number of unbranched alkanes of at least 4 members (excludes halogenated alkanes) is 1. The molecule has 0 saturated heterocycles. The Labute approximate surface area is 267 Å². The van der Waals surface area contributed by atoms with E-state index in [0.717, 1.165) is 67.4 Å². The second kappa shape index (κ2) is 14.7. The SMILES string of the molecule is CCCCn1c(-c2ccccc2)nc(-c2ccccc2)c1CN(Cc1ccc(OC)cc1)Cc1ccc(-c2ccccc2)cc1. The Morgan fingerprint density at radius 2 is 1.09 bits per heavy atom. The molecule has 4 nitrogen and oxygen atoms in total. The van der Waals surface area contributed by atoms with Gasteiger partial charge < -0.3 is 9.30 Å². The Balaban J connectivity index is 1.40. The molecule has 5 aromatic carbocycles. The average Bonchev–Trinajstić information content (AvgIpc) is 3.46. The van der Waals surface area contributed by atoms with Gasteiger partial charge >= 0.3 is 0 Å². The molecule has 0 saturated carbocycles. The number of aromatic nitrogens is 2. The Kier molecular flexibility index (Phi) is 9.83. The standard InChI is InChI=1S/C41H41N3O/c1-3-4-28-44-39(40(36-16-10-6-11-17-36)42-41(44)37-18-12-7-13-19-37)31-43(30-33-22-26-38(45-2)27-23-33)29-32-20-24-35(25-21-32)34-14-8-5-9-15-34/h5-27H,3-4,28-31H2,1-2H3. The van der Waals surface area contributed by atoms with Gasteiger partial charge in [0, 0.05) is 37.3 Å². The van der Waals surface area contributed by atoms with Crippen LogP contribution >= 0.6 is 0 Å². The summed E-state index contributed by atoms with van der Waals surface area (Å²) >= 11 is 0. The monoisotopic (exact) mass is 591 g/mol. The van der Waals surface area contributed by atoms with Crippen molar-refractivity contribution in [2.45, 2.75) is 45.9 Å². The Morgan fingerprint density at radius 3 is 1.64 bits per heavy atom. The fraction of sp³-hybridized carbons (Fsp3) is 0.195. The number of imidazole rings is 1. The van der Waals surface area contributed by atoms with Crippen LogP contribution in [0.3, 0.4) is 0 Å². The minimum absolute atomic E-state index is 0.764. The molecule has 45 heavy (non-hydrogen) atoms. The Bertz CT molecular complexity index is 1760. The molecule has 0 unspecified atom stereocenters. The number of methoxy groups -OCH3 is 1. The van der Waals surface area contributed by atoms with Crippen LogP contribution in [0.1, 0.15) is 36.6 Å². The minimum Gasteiger partial charge on any atom is -0.497 e. The average molecular weight is 592 g/mol. The lowest BCUT2D eigenvalue weighted by atomic mass is 10.0. The van der Waals surface area contributed by atoms with Crippen molar-refractivity contribution in [3.05, 3.63) is 156 Å². The maximum atomic E-state index is 5.45. The molecule has 0 bridgehead atoms. The van der Waals surface area contributed by atoms with Crippen LogP contribution in [0.5, 0.6) is 5.75 Å². The van der Waals surface area contributed by atoms with Crippen LogP contribution in [0.4, 0.5) is 0 Å². The van der Waals surface area contributed by atoms with Crippen molar-refractivity contribution >= 4 is 0 Å². The van der Waals surface area contributed by atoms with Crippen molar-refractivity contribution in [1.29, 1.82) is 0 Å². The second-order valence-electron chi connectivity index (χ2n) is 11.5. The smallest absolute Gasteiger partial charge is 0.140 e. The summed E-state index contributed by atoms with van der Waals surface area (Å²) in [5.74, 6) is 1.91. The number of benzene rings is 5. The zero-order valence-corrected chi connectivity index (χ0v) is 26.3.